The molecule has 23 heavy (non-hydrogen) atoms. The summed E-state index contributed by atoms with van der Waals surface area (Å²) in [6.45, 7) is 1.79. The molecule has 1 unspecified atom stereocenters. The van der Waals surface area contributed by atoms with Gasteiger partial charge < -0.3 is 9.47 Å². The Labute approximate surface area is 129 Å². The van der Waals surface area contributed by atoms with Crippen molar-refractivity contribution in [3.63, 3.8) is 0 Å². The third kappa shape index (κ3) is 2.69. The van der Waals surface area contributed by atoms with Gasteiger partial charge in [0.1, 0.15) is 5.82 Å². The normalized spacial score (nSPS) is 18.0. The predicted octanol–water partition coefficient (Wildman–Crippen LogP) is 3.26. The summed E-state index contributed by atoms with van der Waals surface area (Å²) < 4.78 is 52.7. The summed E-state index contributed by atoms with van der Waals surface area (Å²) in [6.07, 6.45) is -3.38. The zero-order chi connectivity index (χ0) is 16.8. The molecule has 0 radical (unpaired) electrons. The number of rotatable bonds is 1. The minimum atomic E-state index is -4.53. The lowest BCUT2D eigenvalue weighted by Gasteiger charge is -2.35. The lowest BCUT2D eigenvalue weighted by atomic mass is 10.1. The van der Waals surface area contributed by atoms with E-state index in [1.807, 2.05) is 0 Å². The van der Waals surface area contributed by atoms with Crippen LogP contribution in [-0.2, 0) is 12.7 Å². The second kappa shape index (κ2) is 5.36. The van der Waals surface area contributed by atoms with E-state index in [0.717, 1.165) is 10.8 Å². The molecule has 1 amide bonds. The van der Waals surface area contributed by atoms with Crippen LogP contribution in [0.5, 0.6) is 0 Å². The third-order valence-electron chi connectivity index (χ3n) is 3.95. The molecule has 1 atom stereocenters. The molecule has 1 aromatic heterocycles. The number of nitrogens with zero attached hydrogens (tertiary/aromatic N) is 3. The van der Waals surface area contributed by atoms with Crippen molar-refractivity contribution in [3.8, 4) is 0 Å². The maximum absolute atomic E-state index is 12.9. The third-order valence-corrected chi connectivity index (χ3v) is 3.95. The average molecular weight is 327 g/mol. The zero-order valence-corrected chi connectivity index (χ0v) is 12.1. The summed E-state index contributed by atoms with van der Waals surface area (Å²) in [5.74, 6) is -1.76. The van der Waals surface area contributed by atoms with Crippen molar-refractivity contribution in [2.24, 2.45) is 0 Å². The van der Waals surface area contributed by atoms with Crippen LogP contribution >= 0.6 is 0 Å². The number of aromatic nitrogens is 2. The topological polar surface area (TPSA) is 38.1 Å². The Morgan fingerprint density at radius 3 is 2.48 bits per heavy atom. The summed E-state index contributed by atoms with van der Waals surface area (Å²) in [5.41, 5.74) is 0.626. The molecule has 0 bridgehead atoms. The van der Waals surface area contributed by atoms with Crippen LogP contribution in [0.2, 0.25) is 0 Å². The van der Waals surface area contributed by atoms with Crippen molar-refractivity contribution in [1.82, 2.24) is 14.5 Å². The molecule has 4 nitrogen and oxygen atoms in total. The monoisotopic (exact) mass is 327 g/mol. The van der Waals surface area contributed by atoms with Gasteiger partial charge in [-0.2, -0.15) is 13.2 Å². The number of hydrogen-bond acceptors (Lipinski definition) is 2. The van der Waals surface area contributed by atoms with Gasteiger partial charge in [-0.15, -0.1) is 0 Å². The SMILES string of the molecule is CC1c2cnc(C(F)(F)F)n2CCN1C(=O)c1ccc(F)cc1. The predicted molar refractivity (Wildman–Crippen MR) is 73.1 cm³/mol. The molecule has 122 valence electrons. The van der Waals surface area contributed by atoms with Gasteiger partial charge in [-0.05, 0) is 31.2 Å². The standard InChI is InChI=1S/C15H13F4N3O/c1-9-12-8-20-14(15(17,18)19)22(12)7-6-21(9)13(23)10-2-4-11(16)5-3-10/h2-5,8-9H,6-7H2,1H3. The van der Waals surface area contributed by atoms with Crippen molar-refractivity contribution in [3.05, 3.63) is 53.4 Å². The van der Waals surface area contributed by atoms with E-state index in [0.29, 0.717) is 11.3 Å². The van der Waals surface area contributed by atoms with Crippen LogP contribution in [0.3, 0.4) is 0 Å². The molecule has 1 aliphatic heterocycles. The Morgan fingerprint density at radius 1 is 1.22 bits per heavy atom. The molecular formula is C15H13F4N3O. The first-order valence-corrected chi connectivity index (χ1v) is 6.98. The van der Waals surface area contributed by atoms with E-state index in [1.165, 1.54) is 29.2 Å². The van der Waals surface area contributed by atoms with Crippen LogP contribution in [0.15, 0.2) is 30.5 Å². The highest BCUT2D eigenvalue weighted by atomic mass is 19.4. The number of hydrogen-bond donors (Lipinski definition) is 0. The molecular weight excluding hydrogens is 314 g/mol. The van der Waals surface area contributed by atoms with Gasteiger partial charge in [0.2, 0.25) is 5.82 Å². The average Bonchev–Trinajstić information content (AvgIpc) is 2.93. The number of fused-ring (bicyclic) bond motifs is 1. The fourth-order valence-electron chi connectivity index (χ4n) is 2.78. The zero-order valence-electron chi connectivity index (χ0n) is 12.1. The van der Waals surface area contributed by atoms with Crippen molar-refractivity contribution >= 4 is 5.91 Å². The Balaban J connectivity index is 1.89. The molecule has 0 saturated heterocycles. The summed E-state index contributed by atoms with van der Waals surface area (Å²) in [6, 6.07) is 4.52. The number of imidazole rings is 1. The van der Waals surface area contributed by atoms with E-state index < -0.39 is 23.9 Å². The van der Waals surface area contributed by atoms with E-state index in [9.17, 15) is 22.4 Å². The highest BCUT2D eigenvalue weighted by molar-refractivity contribution is 5.94. The highest BCUT2D eigenvalue weighted by Crippen LogP contribution is 2.34. The van der Waals surface area contributed by atoms with Crippen LogP contribution < -0.4 is 0 Å². The van der Waals surface area contributed by atoms with Gasteiger partial charge in [-0.1, -0.05) is 0 Å². The van der Waals surface area contributed by atoms with E-state index in [-0.39, 0.29) is 19.0 Å². The molecule has 3 rings (SSSR count). The van der Waals surface area contributed by atoms with Crippen molar-refractivity contribution in [2.75, 3.05) is 6.54 Å². The molecule has 0 aliphatic carbocycles. The van der Waals surface area contributed by atoms with Gasteiger partial charge in [-0.25, -0.2) is 9.37 Å². The van der Waals surface area contributed by atoms with Crippen LogP contribution in [-0.4, -0.2) is 26.9 Å². The number of halogens is 4. The molecule has 8 heteroatoms. The Bertz CT molecular complexity index is 736. The first kappa shape index (κ1) is 15.5. The number of alkyl halides is 3. The van der Waals surface area contributed by atoms with E-state index in [2.05, 4.69) is 4.98 Å². The van der Waals surface area contributed by atoms with Crippen LogP contribution in [0.4, 0.5) is 17.6 Å². The fraction of sp³-hybridized carbons (Fsp3) is 0.333. The first-order valence-electron chi connectivity index (χ1n) is 6.98. The molecule has 0 N–H and O–H groups in total. The molecule has 2 heterocycles. The molecule has 0 fully saturated rings. The van der Waals surface area contributed by atoms with Crippen molar-refractivity contribution < 1.29 is 22.4 Å². The maximum atomic E-state index is 12.9. The quantitative estimate of drug-likeness (QED) is 0.754. The number of benzene rings is 1. The first-order chi connectivity index (χ1) is 10.8. The van der Waals surface area contributed by atoms with Gasteiger partial charge in [0.05, 0.1) is 17.9 Å². The van der Waals surface area contributed by atoms with Gasteiger partial charge in [0, 0.05) is 18.7 Å². The highest BCUT2D eigenvalue weighted by Gasteiger charge is 2.40. The Morgan fingerprint density at radius 2 is 1.87 bits per heavy atom. The van der Waals surface area contributed by atoms with Crippen molar-refractivity contribution in [2.45, 2.75) is 25.7 Å². The van der Waals surface area contributed by atoms with Gasteiger partial charge >= 0.3 is 6.18 Å². The second-order valence-electron chi connectivity index (χ2n) is 5.34. The van der Waals surface area contributed by atoms with Crippen LogP contribution in [0.25, 0.3) is 0 Å². The Hall–Kier alpha value is -2.38. The molecule has 1 aliphatic rings. The lowest BCUT2D eigenvalue weighted by Crippen LogP contribution is -2.41. The molecule has 2 aromatic rings. The summed E-state index contributed by atoms with van der Waals surface area (Å²) in [5, 5.41) is 0. The summed E-state index contributed by atoms with van der Waals surface area (Å²) in [4.78, 5) is 17.4. The summed E-state index contributed by atoms with van der Waals surface area (Å²) in [7, 11) is 0. The van der Waals surface area contributed by atoms with Gasteiger partial charge in [0.15, 0.2) is 0 Å². The fourth-order valence-corrected chi connectivity index (χ4v) is 2.78. The van der Waals surface area contributed by atoms with Crippen molar-refractivity contribution in [1.29, 1.82) is 0 Å². The number of carbonyl (C=O) groups is 1. The van der Waals surface area contributed by atoms with Gasteiger partial charge in [0.25, 0.3) is 5.91 Å². The van der Waals surface area contributed by atoms with Crippen LogP contribution in [0, 0.1) is 5.82 Å². The largest absolute Gasteiger partial charge is 0.449 e. The van der Waals surface area contributed by atoms with Gasteiger partial charge in [-0.3, -0.25) is 4.79 Å². The Kier molecular flexibility index (Phi) is 3.62. The number of carbonyl (C=O) groups excluding carboxylic acids is 1. The summed E-state index contributed by atoms with van der Waals surface area (Å²) >= 11 is 0. The van der Waals surface area contributed by atoms with Crippen LogP contribution in [0.1, 0.15) is 34.8 Å². The van der Waals surface area contributed by atoms with E-state index in [4.69, 9.17) is 0 Å². The lowest BCUT2D eigenvalue weighted by molar-refractivity contribution is -0.147. The van der Waals surface area contributed by atoms with E-state index in [1.54, 1.807) is 6.92 Å². The molecule has 0 spiro atoms. The smallest absolute Gasteiger partial charge is 0.329 e. The minimum Gasteiger partial charge on any atom is -0.329 e. The minimum absolute atomic E-state index is 0.0153. The van der Waals surface area contributed by atoms with E-state index >= 15 is 0 Å². The number of amides is 1. The maximum Gasteiger partial charge on any atom is 0.449 e. The molecule has 1 aromatic carbocycles. The second-order valence-corrected chi connectivity index (χ2v) is 5.34. The molecule has 0 saturated carbocycles.